The third kappa shape index (κ3) is 3.85. The fourth-order valence-electron chi connectivity index (χ4n) is 1.31. The lowest BCUT2D eigenvalue weighted by Gasteiger charge is -2.18. The number of nitrogens with two attached hydrogens (primary N) is 1. The fraction of sp³-hybridized carbons (Fsp3) is 0.400. The average molecular weight is 279 g/mol. The Morgan fingerprint density at radius 2 is 2.00 bits per heavy atom. The Balaban J connectivity index is 2.70. The quantitative estimate of drug-likeness (QED) is 0.868. The van der Waals surface area contributed by atoms with Gasteiger partial charge >= 0.3 is 0 Å². The van der Waals surface area contributed by atoms with E-state index in [4.69, 9.17) is 5.73 Å². The normalized spacial score (nSPS) is 13.1. The van der Waals surface area contributed by atoms with Gasteiger partial charge in [0, 0.05) is 17.1 Å². The maximum Gasteiger partial charge on any atom is 0.250 e. The van der Waals surface area contributed by atoms with Crippen LogP contribution in [0.15, 0.2) is 28.7 Å². The molecular formula is C10H13BrF2N2. The van der Waals surface area contributed by atoms with E-state index in [0.717, 1.165) is 10.0 Å². The summed E-state index contributed by atoms with van der Waals surface area (Å²) in [7, 11) is 0. The van der Waals surface area contributed by atoms with Gasteiger partial charge < -0.3 is 11.1 Å². The van der Waals surface area contributed by atoms with Crippen molar-refractivity contribution >= 4 is 15.9 Å². The molecule has 0 saturated heterocycles. The zero-order valence-corrected chi connectivity index (χ0v) is 9.68. The minimum absolute atomic E-state index is 0.241. The highest BCUT2D eigenvalue weighted by molar-refractivity contribution is 9.10. The topological polar surface area (TPSA) is 38.0 Å². The average Bonchev–Trinajstić information content (AvgIpc) is 2.21. The zero-order chi connectivity index (χ0) is 11.3. The summed E-state index contributed by atoms with van der Waals surface area (Å²) in [6.45, 7) is -0.0570. The van der Waals surface area contributed by atoms with Crippen LogP contribution in [0.2, 0.25) is 0 Å². The molecule has 2 nitrogen and oxygen atoms in total. The Morgan fingerprint density at radius 1 is 1.33 bits per heavy atom. The minimum Gasteiger partial charge on any atom is -0.329 e. The third-order valence-corrected chi connectivity index (χ3v) is 2.76. The molecule has 0 aromatic heterocycles. The first-order valence-corrected chi connectivity index (χ1v) is 5.40. The number of hydrogen-bond acceptors (Lipinski definition) is 2. The molecule has 0 fully saturated rings. The van der Waals surface area contributed by atoms with Crippen LogP contribution >= 0.6 is 15.9 Å². The number of rotatable bonds is 5. The second-order valence-corrected chi connectivity index (χ2v) is 3.96. The van der Waals surface area contributed by atoms with E-state index in [1.165, 1.54) is 0 Å². The van der Waals surface area contributed by atoms with E-state index in [-0.39, 0.29) is 19.1 Å². The number of halogens is 3. The van der Waals surface area contributed by atoms with Crippen molar-refractivity contribution in [2.24, 2.45) is 5.73 Å². The Hall–Kier alpha value is -0.520. The monoisotopic (exact) mass is 278 g/mol. The first-order valence-electron chi connectivity index (χ1n) is 4.61. The molecule has 0 aliphatic heterocycles. The van der Waals surface area contributed by atoms with Crippen LogP contribution in [0.4, 0.5) is 8.78 Å². The largest absolute Gasteiger partial charge is 0.329 e. The molecular weight excluding hydrogens is 266 g/mol. The van der Waals surface area contributed by atoms with Crippen molar-refractivity contribution in [1.82, 2.24) is 5.32 Å². The van der Waals surface area contributed by atoms with Crippen LogP contribution in [-0.4, -0.2) is 19.5 Å². The van der Waals surface area contributed by atoms with Crippen molar-refractivity contribution < 1.29 is 8.78 Å². The maximum absolute atomic E-state index is 12.0. The van der Waals surface area contributed by atoms with E-state index in [9.17, 15) is 8.78 Å². The maximum atomic E-state index is 12.0. The third-order valence-electron chi connectivity index (χ3n) is 2.03. The molecule has 1 atom stereocenters. The summed E-state index contributed by atoms with van der Waals surface area (Å²) in [6.07, 6.45) is -2.36. The van der Waals surface area contributed by atoms with Crippen LogP contribution in [0.5, 0.6) is 0 Å². The van der Waals surface area contributed by atoms with Gasteiger partial charge in [-0.25, -0.2) is 8.78 Å². The Kier molecular flexibility index (Phi) is 5.14. The molecule has 1 aromatic carbocycles. The second kappa shape index (κ2) is 6.15. The smallest absolute Gasteiger partial charge is 0.250 e. The highest BCUT2D eigenvalue weighted by Gasteiger charge is 2.13. The number of alkyl halides is 2. The molecule has 0 saturated carbocycles. The highest BCUT2D eigenvalue weighted by atomic mass is 79.9. The second-order valence-electron chi connectivity index (χ2n) is 3.11. The first kappa shape index (κ1) is 12.5. The van der Waals surface area contributed by atoms with E-state index in [1.807, 2.05) is 24.3 Å². The van der Waals surface area contributed by atoms with E-state index in [0.29, 0.717) is 0 Å². The van der Waals surface area contributed by atoms with Crippen molar-refractivity contribution in [1.29, 1.82) is 0 Å². The fourth-order valence-corrected chi connectivity index (χ4v) is 1.87. The number of nitrogens with one attached hydrogen (secondary N) is 1. The van der Waals surface area contributed by atoms with Gasteiger partial charge in [-0.2, -0.15) is 0 Å². The molecule has 0 radical (unpaired) electrons. The van der Waals surface area contributed by atoms with Crippen LogP contribution < -0.4 is 11.1 Å². The van der Waals surface area contributed by atoms with Gasteiger partial charge in [-0.3, -0.25) is 0 Å². The van der Waals surface area contributed by atoms with Crippen molar-refractivity contribution in [3.05, 3.63) is 34.3 Å². The van der Waals surface area contributed by atoms with E-state index in [1.54, 1.807) is 0 Å². The summed E-state index contributed by atoms with van der Waals surface area (Å²) in [4.78, 5) is 0. The minimum atomic E-state index is -2.36. The Labute approximate surface area is 96.0 Å². The summed E-state index contributed by atoms with van der Waals surface area (Å²) in [5.41, 5.74) is 6.44. The molecule has 0 aliphatic rings. The SMILES string of the molecule is NCC(NCC(F)F)c1ccccc1Br. The Bertz CT molecular complexity index is 307. The predicted octanol–water partition coefficient (Wildman–Crippen LogP) is 2.30. The van der Waals surface area contributed by atoms with E-state index in [2.05, 4.69) is 21.2 Å². The van der Waals surface area contributed by atoms with Crippen LogP contribution in [-0.2, 0) is 0 Å². The van der Waals surface area contributed by atoms with Gasteiger partial charge in [0.15, 0.2) is 0 Å². The highest BCUT2D eigenvalue weighted by Crippen LogP contribution is 2.22. The lowest BCUT2D eigenvalue weighted by molar-refractivity contribution is 0.141. The van der Waals surface area contributed by atoms with E-state index >= 15 is 0 Å². The Morgan fingerprint density at radius 3 is 2.53 bits per heavy atom. The molecule has 1 unspecified atom stereocenters. The molecule has 1 rings (SSSR count). The molecule has 84 valence electrons. The standard InChI is InChI=1S/C10H13BrF2N2/c11-8-4-2-1-3-7(8)9(5-14)15-6-10(12)13/h1-4,9-10,15H,5-6,14H2. The molecule has 0 amide bonds. The molecule has 5 heteroatoms. The summed E-state index contributed by atoms with van der Waals surface area (Å²) in [6, 6.07) is 7.21. The van der Waals surface area contributed by atoms with Crippen LogP contribution in [0.1, 0.15) is 11.6 Å². The lowest BCUT2D eigenvalue weighted by atomic mass is 10.1. The van der Waals surface area contributed by atoms with Gasteiger partial charge in [0.1, 0.15) is 0 Å². The van der Waals surface area contributed by atoms with Gasteiger partial charge in [-0.15, -0.1) is 0 Å². The lowest BCUT2D eigenvalue weighted by Crippen LogP contribution is -2.32. The van der Waals surface area contributed by atoms with Crippen LogP contribution in [0.25, 0.3) is 0 Å². The summed E-state index contributed by atoms with van der Waals surface area (Å²) in [5, 5.41) is 2.72. The van der Waals surface area contributed by atoms with Crippen molar-refractivity contribution in [3.8, 4) is 0 Å². The van der Waals surface area contributed by atoms with Gasteiger partial charge in [-0.05, 0) is 11.6 Å². The predicted molar refractivity (Wildman–Crippen MR) is 59.9 cm³/mol. The van der Waals surface area contributed by atoms with Gasteiger partial charge in [0.25, 0.3) is 6.43 Å². The molecule has 0 aliphatic carbocycles. The molecule has 0 heterocycles. The molecule has 3 N–H and O–H groups in total. The number of hydrogen-bond donors (Lipinski definition) is 2. The summed E-state index contributed by atoms with van der Waals surface area (Å²) < 4.78 is 24.9. The summed E-state index contributed by atoms with van der Waals surface area (Å²) in [5.74, 6) is 0. The number of benzene rings is 1. The van der Waals surface area contributed by atoms with Crippen LogP contribution in [0.3, 0.4) is 0 Å². The molecule has 0 bridgehead atoms. The van der Waals surface area contributed by atoms with Crippen molar-refractivity contribution in [3.63, 3.8) is 0 Å². The zero-order valence-electron chi connectivity index (χ0n) is 8.09. The van der Waals surface area contributed by atoms with Crippen molar-refractivity contribution in [2.45, 2.75) is 12.5 Å². The van der Waals surface area contributed by atoms with Crippen molar-refractivity contribution in [2.75, 3.05) is 13.1 Å². The van der Waals surface area contributed by atoms with Gasteiger partial charge in [-0.1, -0.05) is 34.1 Å². The summed E-state index contributed by atoms with van der Waals surface area (Å²) >= 11 is 3.36. The van der Waals surface area contributed by atoms with Gasteiger partial charge in [0.2, 0.25) is 0 Å². The van der Waals surface area contributed by atoms with E-state index < -0.39 is 6.43 Å². The first-order chi connectivity index (χ1) is 7.15. The molecule has 1 aromatic rings. The molecule has 15 heavy (non-hydrogen) atoms. The molecule has 0 spiro atoms. The van der Waals surface area contributed by atoms with Gasteiger partial charge in [0.05, 0.1) is 6.54 Å². The van der Waals surface area contributed by atoms with Crippen LogP contribution in [0, 0.1) is 0 Å².